The monoisotopic (exact) mass is 308 g/mol. The second-order valence-corrected chi connectivity index (χ2v) is 6.83. The lowest BCUT2D eigenvalue weighted by Crippen LogP contribution is -2.44. The van der Waals surface area contributed by atoms with Crippen LogP contribution in [0.15, 0.2) is 22.3 Å². The van der Waals surface area contributed by atoms with Gasteiger partial charge in [0.2, 0.25) is 0 Å². The Balaban J connectivity index is 2.24. The summed E-state index contributed by atoms with van der Waals surface area (Å²) in [7, 11) is 0. The molecule has 2 atom stereocenters. The Kier molecular flexibility index (Phi) is 4.19. The molecule has 22 heavy (non-hydrogen) atoms. The van der Waals surface area contributed by atoms with Crippen molar-refractivity contribution < 1.29 is 24.2 Å². The SMILES string of the molecule is CC1=C(C)C(=O)C(CC(O)[C@@]2(C)COC(C)(C)O2)=C(C)C1=O. The lowest BCUT2D eigenvalue weighted by molar-refractivity contribution is -0.178. The lowest BCUT2D eigenvalue weighted by Gasteiger charge is -2.31. The summed E-state index contributed by atoms with van der Waals surface area (Å²) in [4.78, 5) is 24.6. The van der Waals surface area contributed by atoms with E-state index in [4.69, 9.17) is 9.47 Å². The van der Waals surface area contributed by atoms with E-state index >= 15 is 0 Å². The maximum Gasteiger partial charge on any atom is 0.185 e. The van der Waals surface area contributed by atoms with Gasteiger partial charge in [-0.2, -0.15) is 0 Å². The Morgan fingerprint density at radius 3 is 2.09 bits per heavy atom. The van der Waals surface area contributed by atoms with Crippen LogP contribution in [0.5, 0.6) is 0 Å². The quantitative estimate of drug-likeness (QED) is 0.808. The summed E-state index contributed by atoms with van der Waals surface area (Å²) < 4.78 is 11.3. The largest absolute Gasteiger partial charge is 0.390 e. The van der Waals surface area contributed by atoms with Gasteiger partial charge in [-0.1, -0.05) is 0 Å². The van der Waals surface area contributed by atoms with E-state index in [-0.39, 0.29) is 24.6 Å². The van der Waals surface area contributed by atoms with Gasteiger partial charge in [-0.25, -0.2) is 0 Å². The van der Waals surface area contributed by atoms with Crippen molar-refractivity contribution >= 4 is 11.6 Å². The smallest absolute Gasteiger partial charge is 0.185 e. The molecule has 1 saturated heterocycles. The van der Waals surface area contributed by atoms with Gasteiger partial charge in [0.15, 0.2) is 17.4 Å². The van der Waals surface area contributed by atoms with Gasteiger partial charge in [0, 0.05) is 28.7 Å². The molecule has 0 bridgehead atoms. The van der Waals surface area contributed by atoms with Crippen LogP contribution in [0.1, 0.15) is 48.0 Å². The van der Waals surface area contributed by atoms with Crippen molar-refractivity contribution in [3.63, 3.8) is 0 Å². The molecule has 0 amide bonds. The topological polar surface area (TPSA) is 72.8 Å². The minimum absolute atomic E-state index is 0.0803. The van der Waals surface area contributed by atoms with Crippen molar-refractivity contribution in [1.82, 2.24) is 0 Å². The average Bonchev–Trinajstić information content (AvgIpc) is 2.74. The third kappa shape index (κ3) is 2.81. The van der Waals surface area contributed by atoms with Gasteiger partial charge in [-0.15, -0.1) is 0 Å². The number of carbonyl (C=O) groups is 2. The molecule has 1 N–H and O–H groups in total. The maximum absolute atomic E-state index is 12.4. The highest BCUT2D eigenvalue weighted by molar-refractivity contribution is 6.24. The fourth-order valence-electron chi connectivity index (χ4n) is 2.91. The van der Waals surface area contributed by atoms with Crippen molar-refractivity contribution in [3.8, 4) is 0 Å². The number of ether oxygens (including phenoxy) is 2. The standard InChI is InChI=1S/C17H24O5/c1-9-10(2)15(20)12(11(3)14(9)19)7-13(18)17(6)8-21-16(4,5)22-17/h13,18H,7-8H2,1-6H3/t13?,17-/m1/s1. The minimum atomic E-state index is -0.929. The Morgan fingerprint density at radius 1 is 1.05 bits per heavy atom. The fourth-order valence-corrected chi connectivity index (χ4v) is 2.91. The van der Waals surface area contributed by atoms with Gasteiger partial charge in [-0.3, -0.25) is 9.59 Å². The van der Waals surface area contributed by atoms with Crippen LogP contribution in [0.3, 0.4) is 0 Å². The second-order valence-electron chi connectivity index (χ2n) is 6.83. The third-order valence-corrected chi connectivity index (χ3v) is 4.60. The van der Waals surface area contributed by atoms with E-state index in [2.05, 4.69) is 0 Å². The summed E-state index contributed by atoms with van der Waals surface area (Å²) in [5.41, 5.74) is 0.814. The minimum Gasteiger partial charge on any atom is -0.390 e. The number of rotatable bonds is 3. The number of allylic oxidation sites excluding steroid dienone is 3. The number of aliphatic hydroxyl groups is 1. The van der Waals surface area contributed by atoms with E-state index in [0.29, 0.717) is 22.3 Å². The van der Waals surface area contributed by atoms with Crippen LogP contribution in [0.2, 0.25) is 0 Å². The summed E-state index contributed by atoms with van der Waals surface area (Å²) in [6, 6.07) is 0. The van der Waals surface area contributed by atoms with E-state index < -0.39 is 17.5 Å². The van der Waals surface area contributed by atoms with Gasteiger partial charge < -0.3 is 14.6 Å². The first-order valence-corrected chi connectivity index (χ1v) is 7.47. The fraction of sp³-hybridized carbons (Fsp3) is 0.647. The van der Waals surface area contributed by atoms with Gasteiger partial charge in [0.1, 0.15) is 5.60 Å². The number of aliphatic hydroxyl groups excluding tert-OH is 1. The first-order chi connectivity index (χ1) is 9.98. The zero-order valence-electron chi connectivity index (χ0n) is 14.1. The van der Waals surface area contributed by atoms with Crippen LogP contribution in [0, 0.1) is 0 Å². The molecular weight excluding hydrogens is 284 g/mol. The predicted molar refractivity (Wildman–Crippen MR) is 81.2 cm³/mol. The molecule has 5 heteroatoms. The zero-order valence-corrected chi connectivity index (χ0v) is 14.1. The highest BCUT2D eigenvalue weighted by atomic mass is 16.8. The van der Waals surface area contributed by atoms with E-state index in [1.807, 2.05) is 0 Å². The first-order valence-electron chi connectivity index (χ1n) is 7.47. The molecule has 2 rings (SSSR count). The van der Waals surface area contributed by atoms with Crippen LogP contribution in [-0.4, -0.2) is 40.8 Å². The van der Waals surface area contributed by atoms with Gasteiger partial charge >= 0.3 is 0 Å². The molecule has 2 aliphatic rings. The Bertz CT molecular complexity index is 596. The number of Topliss-reactive ketones (excluding diaryl/α,β-unsaturated/α-hetero) is 2. The molecule has 1 heterocycles. The van der Waals surface area contributed by atoms with Crippen LogP contribution in [-0.2, 0) is 19.1 Å². The van der Waals surface area contributed by atoms with Crippen molar-refractivity contribution in [1.29, 1.82) is 0 Å². The highest BCUT2D eigenvalue weighted by Gasteiger charge is 2.47. The molecule has 1 aliphatic heterocycles. The maximum atomic E-state index is 12.4. The Labute approximate surface area is 131 Å². The first kappa shape index (κ1) is 17.1. The van der Waals surface area contributed by atoms with Crippen molar-refractivity contribution in [2.45, 2.75) is 65.5 Å². The molecular formula is C17H24O5. The van der Waals surface area contributed by atoms with Gasteiger partial charge in [0.25, 0.3) is 0 Å². The summed E-state index contributed by atoms with van der Waals surface area (Å²) >= 11 is 0. The third-order valence-electron chi connectivity index (χ3n) is 4.60. The van der Waals surface area contributed by atoms with Crippen LogP contribution in [0.25, 0.3) is 0 Å². The van der Waals surface area contributed by atoms with Gasteiger partial charge in [-0.05, 0) is 41.5 Å². The predicted octanol–water partition coefficient (Wildman–Crippen LogP) is 2.08. The Hall–Kier alpha value is -1.30. The molecule has 0 aromatic carbocycles. The van der Waals surface area contributed by atoms with Crippen LogP contribution >= 0.6 is 0 Å². The highest BCUT2D eigenvalue weighted by Crippen LogP contribution is 2.36. The number of carbonyl (C=O) groups excluding carboxylic acids is 2. The number of ketones is 2. The molecule has 0 spiro atoms. The van der Waals surface area contributed by atoms with E-state index in [1.165, 1.54) is 0 Å². The molecule has 0 aromatic rings. The number of hydrogen-bond donors (Lipinski definition) is 1. The molecule has 0 saturated carbocycles. The summed E-state index contributed by atoms with van der Waals surface area (Å²) in [5, 5.41) is 10.5. The molecule has 0 radical (unpaired) electrons. The van der Waals surface area contributed by atoms with Crippen LogP contribution < -0.4 is 0 Å². The Morgan fingerprint density at radius 2 is 1.59 bits per heavy atom. The molecule has 1 unspecified atom stereocenters. The molecule has 1 aliphatic carbocycles. The van der Waals surface area contributed by atoms with Crippen molar-refractivity contribution in [2.24, 2.45) is 0 Å². The van der Waals surface area contributed by atoms with Gasteiger partial charge in [0.05, 0.1) is 12.7 Å². The van der Waals surface area contributed by atoms with Crippen molar-refractivity contribution in [3.05, 3.63) is 22.3 Å². The zero-order chi connectivity index (χ0) is 16.9. The normalized spacial score (nSPS) is 30.3. The van der Waals surface area contributed by atoms with E-state index in [0.717, 1.165) is 0 Å². The molecule has 1 fully saturated rings. The molecule has 122 valence electrons. The number of hydrogen-bond acceptors (Lipinski definition) is 5. The lowest BCUT2D eigenvalue weighted by atomic mass is 9.81. The summed E-state index contributed by atoms with van der Waals surface area (Å²) in [5.74, 6) is -1.07. The summed E-state index contributed by atoms with van der Waals surface area (Å²) in [6.07, 6.45) is -0.848. The van der Waals surface area contributed by atoms with Crippen LogP contribution in [0.4, 0.5) is 0 Å². The average molecular weight is 308 g/mol. The van der Waals surface area contributed by atoms with E-state index in [1.54, 1.807) is 41.5 Å². The molecule has 5 nitrogen and oxygen atoms in total. The second kappa shape index (κ2) is 5.41. The summed E-state index contributed by atoms with van der Waals surface area (Å²) in [6.45, 7) is 10.5. The van der Waals surface area contributed by atoms with E-state index in [9.17, 15) is 14.7 Å². The van der Waals surface area contributed by atoms with Crippen molar-refractivity contribution in [2.75, 3.05) is 6.61 Å². The molecule has 0 aromatic heterocycles.